The first kappa shape index (κ1) is 25.6. The van der Waals surface area contributed by atoms with Crippen LogP contribution in [0.25, 0.3) is 11.3 Å². The predicted octanol–water partition coefficient (Wildman–Crippen LogP) is 2.94. The largest absolute Gasteiger partial charge is 0.474 e. The number of aromatic nitrogens is 3. The van der Waals surface area contributed by atoms with Gasteiger partial charge in [-0.15, -0.1) is 0 Å². The van der Waals surface area contributed by atoms with Crippen LogP contribution in [0.3, 0.4) is 0 Å². The van der Waals surface area contributed by atoms with Crippen molar-refractivity contribution in [1.29, 1.82) is 5.26 Å². The first-order valence-electron chi connectivity index (χ1n) is 12.5. The SMILES string of the molecule is COCCOc1nc(C2CC2)ccc1Nc1nccc(-c2cc(C#N)c3c(c2)[C@@](C)(CO)CN3[B]C=O)n1. The number of ether oxygens (including phenoxy) is 2. The summed E-state index contributed by atoms with van der Waals surface area (Å²) in [5, 5.41) is 23.3. The fraction of sp³-hybridized carbons (Fsp3) is 0.370. The first-order valence-corrected chi connectivity index (χ1v) is 12.5. The van der Waals surface area contributed by atoms with Gasteiger partial charge in [0.1, 0.15) is 24.5 Å². The Bertz CT molecular complexity index is 1390. The lowest BCUT2D eigenvalue weighted by Gasteiger charge is -2.23. The molecule has 193 valence electrons. The lowest BCUT2D eigenvalue weighted by atomic mass is 9.83. The lowest BCUT2D eigenvalue weighted by molar-refractivity contribution is 0.144. The lowest BCUT2D eigenvalue weighted by Crippen LogP contribution is -2.36. The van der Waals surface area contributed by atoms with Gasteiger partial charge in [0.05, 0.1) is 24.5 Å². The average molecular weight is 511 g/mol. The van der Waals surface area contributed by atoms with E-state index in [0.717, 1.165) is 24.1 Å². The summed E-state index contributed by atoms with van der Waals surface area (Å²) < 4.78 is 11.0. The van der Waals surface area contributed by atoms with Crippen LogP contribution in [0.15, 0.2) is 36.5 Å². The number of benzene rings is 1. The van der Waals surface area contributed by atoms with E-state index < -0.39 is 5.41 Å². The van der Waals surface area contributed by atoms with Gasteiger partial charge in [-0.25, -0.2) is 15.0 Å². The highest BCUT2D eigenvalue weighted by molar-refractivity contribution is 6.70. The van der Waals surface area contributed by atoms with Crippen LogP contribution in [0.1, 0.15) is 42.5 Å². The third-order valence-corrected chi connectivity index (χ3v) is 6.88. The number of aliphatic hydroxyl groups excluding tert-OH is 1. The highest BCUT2D eigenvalue weighted by Crippen LogP contribution is 2.44. The first-order chi connectivity index (χ1) is 18.5. The van der Waals surface area contributed by atoms with Gasteiger partial charge >= 0.3 is 7.41 Å². The van der Waals surface area contributed by atoms with Crippen LogP contribution in [-0.4, -0.2) is 67.1 Å². The molecule has 10 nitrogen and oxygen atoms in total. The number of carbonyl (C=O) groups excluding carboxylic acids is 1. The Balaban J connectivity index is 1.48. The number of rotatable bonds is 11. The molecule has 38 heavy (non-hydrogen) atoms. The summed E-state index contributed by atoms with van der Waals surface area (Å²) in [5.74, 6) is 1.29. The predicted molar refractivity (Wildman–Crippen MR) is 143 cm³/mol. The second-order valence-corrected chi connectivity index (χ2v) is 9.76. The molecule has 2 aromatic heterocycles. The zero-order valence-corrected chi connectivity index (χ0v) is 21.3. The van der Waals surface area contributed by atoms with E-state index in [1.165, 1.54) is 7.41 Å². The van der Waals surface area contributed by atoms with Crippen LogP contribution in [0.2, 0.25) is 0 Å². The second-order valence-electron chi connectivity index (χ2n) is 9.76. The number of nitrogens with one attached hydrogen (secondary N) is 1. The molecule has 1 atom stereocenters. The summed E-state index contributed by atoms with van der Waals surface area (Å²) in [6.45, 7) is 2.97. The van der Waals surface area contributed by atoms with E-state index in [1.807, 2.05) is 25.1 Å². The standard InChI is InChI=1S/C27H28BN6O4/c1-27(15-35)14-34(28-16-36)24-19(13-29)11-18(12-20(24)27)22-7-8-30-26(32-22)33-23-6-5-21(17-3-4-17)31-25(23)38-10-9-37-2/h5-8,11-12,16-17,35H,3-4,9-10,14-15H2,1-2H3,(H,30,32,33)/t27-/m1/s1. The Labute approximate surface area is 221 Å². The fourth-order valence-corrected chi connectivity index (χ4v) is 4.70. The molecule has 3 heterocycles. The van der Waals surface area contributed by atoms with Gasteiger partial charge in [-0.1, -0.05) is 6.92 Å². The minimum absolute atomic E-state index is 0.135. The number of nitriles is 1. The molecule has 0 amide bonds. The molecule has 0 saturated heterocycles. The summed E-state index contributed by atoms with van der Waals surface area (Å²) in [5.41, 5.74) is 4.13. The highest BCUT2D eigenvalue weighted by atomic mass is 16.5. The molecular weight excluding hydrogens is 483 g/mol. The topological polar surface area (TPSA) is 133 Å². The molecule has 1 aliphatic carbocycles. The van der Waals surface area contributed by atoms with E-state index in [9.17, 15) is 15.2 Å². The van der Waals surface area contributed by atoms with Crippen LogP contribution in [-0.2, 0) is 14.9 Å². The molecule has 5 rings (SSSR count). The highest BCUT2D eigenvalue weighted by Gasteiger charge is 2.40. The van der Waals surface area contributed by atoms with Gasteiger partial charge in [-0.2, -0.15) is 5.26 Å². The molecule has 1 radical (unpaired) electrons. The summed E-state index contributed by atoms with van der Waals surface area (Å²) in [4.78, 5) is 26.7. The fourth-order valence-electron chi connectivity index (χ4n) is 4.70. The van der Waals surface area contributed by atoms with E-state index in [1.54, 1.807) is 30.3 Å². The van der Waals surface area contributed by atoms with Crippen molar-refractivity contribution in [3.63, 3.8) is 0 Å². The van der Waals surface area contributed by atoms with E-state index in [0.29, 0.717) is 71.9 Å². The van der Waals surface area contributed by atoms with Crippen molar-refractivity contribution in [1.82, 2.24) is 15.0 Å². The van der Waals surface area contributed by atoms with Gasteiger partial charge in [-0.3, -0.25) is 0 Å². The zero-order chi connectivity index (χ0) is 26.7. The molecule has 2 N–H and O–H groups in total. The maximum Gasteiger partial charge on any atom is 0.329 e. The Morgan fingerprint density at radius 3 is 2.84 bits per heavy atom. The normalized spacial score (nSPS) is 18.0. The maximum absolute atomic E-state index is 11.2. The smallest absolute Gasteiger partial charge is 0.329 e. The van der Waals surface area contributed by atoms with Crippen molar-refractivity contribution in [2.24, 2.45) is 0 Å². The monoisotopic (exact) mass is 511 g/mol. The number of anilines is 3. The molecule has 0 unspecified atom stereocenters. The van der Waals surface area contributed by atoms with E-state index >= 15 is 0 Å². The van der Waals surface area contributed by atoms with Crippen LogP contribution in [0.4, 0.5) is 17.3 Å². The number of nitrogens with zero attached hydrogens (tertiary/aromatic N) is 5. The van der Waals surface area contributed by atoms with Crippen molar-refractivity contribution in [3.8, 4) is 23.2 Å². The molecule has 0 bridgehead atoms. The van der Waals surface area contributed by atoms with Gasteiger partial charge in [0.25, 0.3) is 0 Å². The van der Waals surface area contributed by atoms with Gasteiger partial charge in [0, 0.05) is 48.1 Å². The molecule has 1 saturated carbocycles. The molecule has 0 spiro atoms. The number of hydrogen-bond acceptors (Lipinski definition) is 10. The Hall–Kier alpha value is -4.01. The van der Waals surface area contributed by atoms with Crippen LogP contribution in [0, 0.1) is 11.3 Å². The minimum Gasteiger partial charge on any atom is -0.474 e. The number of hydrogen-bond donors (Lipinski definition) is 2. The summed E-state index contributed by atoms with van der Waals surface area (Å²) >= 11 is 0. The number of methoxy groups -OCH3 is 1. The molecule has 1 aromatic carbocycles. The number of fused-ring (bicyclic) bond motifs is 1. The van der Waals surface area contributed by atoms with Crippen molar-refractivity contribution < 1.29 is 19.4 Å². The van der Waals surface area contributed by atoms with E-state index in [4.69, 9.17) is 19.4 Å². The average Bonchev–Trinajstić information content (AvgIpc) is 3.75. The quantitative estimate of drug-likeness (QED) is 0.225. The minimum atomic E-state index is -0.645. The van der Waals surface area contributed by atoms with E-state index in [2.05, 4.69) is 16.4 Å². The van der Waals surface area contributed by atoms with Gasteiger partial charge in [-0.05, 0) is 48.7 Å². The zero-order valence-electron chi connectivity index (χ0n) is 21.3. The number of aliphatic hydroxyl groups is 1. The molecule has 3 aromatic rings. The number of carbonyl (C=O) groups is 1. The molecule has 1 fully saturated rings. The Kier molecular flexibility index (Phi) is 7.27. The Morgan fingerprint density at radius 1 is 1.29 bits per heavy atom. The Morgan fingerprint density at radius 2 is 2.13 bits per heavy atom. The van der Waals surface area contributed by atoms with Gasteiger partial charge < -0.3 is 29.5 Å². The van der Waals surface area contributed by atoms with Gasteiger partial charge in [0.2, 0.25) is 11.8 Å². The van der Waals surface area contributed by atoms with Crippen molar-refractivity contribution in [2.75, 3.05) is 43.6 Å². The van der Waals surface area contributed by atoms with E-state index in [-0.39, 0.29) is 6.61 Å². The van der Waals surface area contributed by atoms with Gasteiger partial charge in [0.15, 0.2) is 0 Å². The van der Waals surface area contributed by atoms with Crippen LogP contribution >= 0.6 is 0 Å². The van der Waals surface area contributed by atoms with Crippen molar-refractivity contribution in [2.45, 2.75) is 31.1 Å². The number of pyridine rings is 1. The molecular formula is C27H28BN6O4. The van der Waals surface area contributed by atoms with Crippen molar-refractivity contribution >= 4 is 30.9 Å². The molecule has 11 heteroatoms. The van der Waals surface area contributed by atoms with Crippen molar-refractivity contribution in [3.05, 3.63) is 53.3 Å². The summed E-state index contributed by atoms with van der Waals surface area (Å²) in [6.07, 6.45) is 4.59. The molecule has 1 aliphatic heterocycles. The molecule has 2 aliphatic rings. The third-order valence-electron chi connectivity index (χ3n) is 6.88. The van der Waals surface area contributed by atoms with Crippen LogP contribution in [0.5, 0.6) is 5.88 Å². The summed E-state index contributed by atoms with van der Waals surface area (Å²) in [6, 6.07) is 11.6. The van der Waals surface area contributed by atoms with Crippen LogP contribution < -0.4 is 14.9 Å². The summed E-state index contributed by atoms with van der Waals surface area (Å²) in [7, 11) is 3.01. The third kappa shape index (κ3) is 5.05. The second kappa shape index (κ2) is 10.8. The maximum atomic E-state index is 11.2.